The number of nitrogens with zero attached hydrogens (tertiary/aromatic N) is 3. The number of aliphatic hydroxyl groups is 1. The van der Waals surface area contributed by atoms with Gasteiger partial charge < -0.3 is 19.7 Å². The zero-order valence-corrected chi connectivity index (χ0v) is 15.0. The topological polar surface area (TPSA) is 83.7 Å². The number of aliphatic hydroxyl groups excluding tert-OH is 1. The van der Waals surface area contributed by atoms with Crippen molar-refractivity contribution in [3.8, 4) is 11.4 Å². The number of nitrogens with one attached hydrogen (secondary N) is 1. The zero-order chi connectivity index (χ0) is 17.7. The molecule has 0 aliphatic carbocycles. The molecular formula is C18H21ClN4O3. The van der Waals surface area contributed by atoms with Crippen LogP contribution < -0.4 is 5.32 Å². The van der Waals surface area contributed by atoms with Gasteiger partial charge >= 0.3 is 0 Å². The number of morpholine rings is 1. The van der Waals surface area contributed by atoms with Crippen LogP contribution in [-0.2, 0) is 11.3 Å². The first-order valence-corrected chi connectivity index (χ1v) is 9.35. The van der Waals surface area contributed by atoms with Crippen LogP contribution in [0.15, 0.2) is 28.8 Å². The summed E-state index contributed by atoms with van der Waals surface area (Å²) in [7, 11) is 0. The fourth-order valence-electron chi connectivity index (χ4n) is 4.74. The van der Waals surface area contributed by atoms with E-state index in [2.05, 4.69) is 20.4 Å². The normalized spacial score (nSPS) is 33.5. The molecule has 0 radical (unpaired) electrons. The summed E-state index contributed by atoms with van der Waals surface area (Å²) < 4.78 is 11.8. The highest BCUT2D eigenvalue weighted by Gasteiger charge is 2.60. The standard InChI is InChI=1S/C18H21ClN4O3/c19-12-3-1-11(2-4-12)17-21-16(26-22-17)7-23-6-14-13(8-24)15-5-20-9-18(14,10-23)25-15/h1-4,13-15,20,24H,5-10H2/t13-,14+,15+,18+/m0/s1. The van der Waals surface area contributed by atoms with E-state index in [1.165, 1.54) is 0 Å². The highest BCUT2D eigenvalue weighted by molar-refractivity contribution is 6.30. The summed E-state index contributed by atoms with van der Waals surface area (Å²) >= 11 is 5.92. The summed E-state index contributed by atoms with van der Waals surface area (Å²) in [5.41, 5.74) is 0.680. The van der Waals surface area contributed by atoms with Crippen molar-refractivity contribution in [3.05, 3.63) is 35.2 Å². The Balaban J connectivity index is 1.30. The van der Waals surface area contributed by atoms with Crippen LogP contribution in [0.4, 0.5) is 0 Å². The van der Waals surface area contributed by atoms with E-state index >= 15 is 0 Å². The molecule has 7 nitrogen and oxygen atoms in total. The lowest BCUT2D eigenvalue weighted by atomic mass is 9.83. The maximum Gasteiger partial charge on any atom is 0.241 e. The number of rotatable bonds is 4. The second-order valence-corrected chi connectivity index (χ2v) is 7.93. The zero-order valence-electron chi connectivity index (χ0n) is 14.3. The first-order chi connectivity index (χ1) is 12.7. The van der Waals surface area contributed by atoms with Crippen molar-refractivity contribution in [2.45, 2.75) is 18.2 Å². The molecule has 1 aromatic heterocycles. The molecule has 2 aromatic rings. The second-order valence-electron chi connectivity index (χ2n) is 7.49. The van der Waals surface area contributed by atoms with Crippen LogP contribution in [0.25, 0.3) is 11.4 Å². The first-order valence-electron chi connectivity index (χ1n) is 8.97. The lowest BCUT2D eigenvalue weighted by molar-refractivity contribution is -0.0750. The monoisotopic (exact) mass is 376 g/mol. The molecule has 1 spiro atoms. The van der Waals surface area contributed by atoms with Crippen molar-refractivity contribution < 1.29 is 14.4 Å². The number of hydrogen-bond acceptors (Lipinski definition) is 7. The van der Waals surface area contributed by atoms with Crippen LogP contribution in [0.3, 0.4) is 0 Å². The molecule has 138 valence electrons. The number of aromatic nitrogens is 2. The fourth-order valence-corrected chi connectivity index (χ4v) is 4.87. The Hall–Kier alpha value is -1.51. The minimum absolute atomic E-state index is 0.126. The van der Waals surface area contributed by atoms with E-state index < -0.39 is 0 Å². The molecule has 0 saturated carbocycles. The van der Waals surface area contributed by atoms with Gasteiger partial charge in [-0.15, -0.1) is 0 Å². The highest BCUT2D eigenvalue weighted by atomic mass is 35.5. The summed E-state index contributed by atoms with van der Waals surface area (Å²) in [4.78, 5) is 6.80. The van der Waals surface area contributed by atoms with Crippen LogP contribution in [-0.4, -0.2) is 64.6 Å². The molecule has 3 aliphatic rings. The maximum absolute atomic E-state index is 9.81. The minimum atomic E-state index is -0.199. The Labute approximate surface area is 156 Å². The van der Waals surface area contributed by atoms with E-state index in [9.17, 15) is 5.11 Å². The molecule has 3 saturated heterocycles. The van der Waals surface area contributed by atoms with Gasteiger partial charge in [0.1, 0.15) is 0 Å². The molecule has 0 amide bonds. The quantitative estimate of drug-likeness (QED) is 0.828. The molecule has 3 aliphatic heterocycles. The Bertz CT molecular complexity index is 798. The van der Waals surface area contributed by atoms with Crippen molar-refractivity contribution >= 4 is 11.6 Å². The summed E-state index contributed by atoms with van der Waals surface area (Å²) in [6.07, 6.45) is 0.126. The van der Waals surface area contributed by atoms with E-state index in [1.54, 1.807) is 0 Å². The smallest absolute Gasteiger partial charge is 0.241 e. The molecule has 8 heteroatoms. The van der Waals surface area contributed by atoms with Crippen molar-refractivity contribution in [1.29, 1.82) is 0 Å². The van der Waals surface area contributed by atoms with Gasteiger partial charge in [-0.1, -0.05) is 16.8 Å². The molecule has 0 unspecified atom stereocenters. The summed E-state index contributed by atoms with van der Waals surface area (Å²) in [6.45, 7) is 4.12. The summed E-state index contributed by atoms with van der Waals surface area (Å²) in [6, 6.07) is 7.38. The number of fused-ring (bicyclic) bond motifs is 1. The first kappa shape index (κ1) is 16.6. The van der Waals surface area contributed by atoms with E-state index in [0.29, 0.717) is 29.2 Å². The third kappa shape index (κ3) is 2.66. The molecule has 1 aromatic carbocycles. The van der Waals surface area contributed by atoms with E-state index in [1.807, 2.05) is 24.3 Å². The Morgan fingerprint density at radius 2 is 2.19 bits per heavy atom. The van der Waals surface area contributed by atoms with Gasteiger partial charge in [-0.3, -0.25) is 4.90 Å². The Morgan fingerprint density at radius 3 is 3.00 bits per heavy atom. The third-order valence-electron chi connectivity index (χ3n) is 5.91. The van der Waals surface area contributed by atoms with Gasteiger partial charge in [-0.25, -0.2) is 0 Å². The van der Waals surface area contributed by atoms with Gasteiger partial charge in [-0.2, -0.15) is 4.98 Å². The average Bonchev–Trinajstić information content (AvgIpc) is 3.27. The van der Waals surface area contributed by atoms with Gasteiger partial charge in [0.15, 0.2) is 0 Å². The Kier molecular flexibility index (Phi) is 4.02. The summed E-state index contributed by atoms with van der Waals surface area (Å²) in [5, 5.41) is 18.0. The van der Waals surface area contributed by atoms with Gasteiger partial charge in [0.05, 0.1) is 18.2 Å². The van der Waals surface area contributed by atoms with Gasteiger partial charge in [0, 0.05) is 55.2 Å². The molecule has 3 fully saturated rings. The molecule has 2 N–H and O–H groups in total. The lowest BCUT2D eigenvalue weighted by Gasteiger charge is -2.33. The maximum atomic E-state index is 9.81. The second kappa shape index (κ2) is 6.28. The number of halogens is 1. The number of hydrogen-bond donors (Lipinski definition) is 2. The van der Waals surface area contributed by atoms with Crippen LogP contribution in [0.5, 0.6) is 0 Å². The molecule has 4 heterocycles. The van der Waals surface area contributed by atoms with Crippen molar-refractivity contribution in [2.24, 2.45) is 11.8 Å². The van der Waals surface area contributed by atoms with E-state index in [-0.39, 0.29) is 24.2 Å². The predicted molar refractivity (Wildman–Crippen MR) is 94.6 cm³/mol. The van der Waals surface area contributed by atoms with E-state index in [0.717, 1.165) is 31.7 Å². The average molecular weight is 377 g/mol. The minimum Gasteiger partial charge on any atom is -0.396 e. The van der Waals surface area contributed by atoms with E-state index in [4.69, 9.17) is 20.9 Å². The van der Waals surface area contributed by atoms with Crippen LogP contribution in [0.1, 0.15) is 5.89 Å². The predicted octanol–water partition coefficient (Wildman–Crippen LogP) is 1.17. The number of ether oxygens (including phenoxy) is 1. The van der Waals surface area contributed by atoms with Crippen molar-refractivity contribution in [2.75, 3.05) is 32.8 Å². The van der Waals surface area contributed by atoms with Crippen molar-refractivity contribution in [3.63, 3.8) is 0 Å². The molecule has 26 heavy (non-hydrogen) atoms. The van der Waals surface area contributed by atoms with Crippen LogP contribution in [0, 0.1) is 11.8 Å². The highest BCUT2D eigenvalue weighted by Crippen LogP contribution is 2.47. The summed E-state index contributed by atoms with van der Waals surface area (Å²) in [5.74, 6) is 1.69. The van der Waals surface area contributed by atoms with Gasteiger partial charge in [-0.05, 0) is 24.3 Å². The molecule has 4 atom stereocenters. The SMILES string of the molecule is OC[C@H]1[C@H]2CN(Cc3nc(-c4ccc(Cl)cc4)no3)C[C@]23CNC[C@H]1O3. The van der Waals surface area contributed by atoms with Crippen molar-refractivity contribution in [1.82, 2.24) is 20.4 Å². The Morgan fingerprint density at radius 1 is 1.35 bits per heavy atom. The fraction of sp³-hybridized carbons (Fsp3) is 0.556. The molecule has 5 rings (SSSR count). The number of likely N-dealkylation sites (tertiary alicyclic amines) is 1. The lowest BCUT2D eigenvalue weighted by Crippen LogP contribution is -2.52. The third-order valence-corrected chi connectivity index (χ3v) is 6.16. The molecular weight excluding hydrogens is 356 g/mol. The molecule has 2 bridgehead atoms. The van der Waals surface area contributed by atoms with Crippen LogP contribution >= 0.6 is 11.6 Å². The van der Waals surface area contributed by atoms with Gasteiger partial charge in [0.25, 0.3) is 0 Å². The van der Waals surface area contributed by atoms with Crippen LogP contribution in [0.2, 0.25) is 5.02 Å². The number of benzene rings is 1. The van der Waals surface area contributed by atoms with Gasteiger partial charge in [0.2, 0.25) is 11.7 Å². The largest absolute Gasteiger partial charge is 0.396 e.